The highest BCUT2D eigenvalue weighted by Crippen LogP contribution is 2.35. The number of hydrogen-bond donors (Lipinski definition) is 1. The van der Waals surface area contributed by atoms with Gasteiger partial charge in [-0.3, -0.25) is 9.69 Å². The van der Waals surface area contributed by atoms with Crippen LogP contribution >= 0.6 is 23.2 Å². The summed E-state index contributed by atoms with van der Waals surface area (Å²) in [5.74, 6) is -0.0897. The van der Waals surface area contributed by atoms with E-state index in [0.29, 0.717) is 22.2 Å². The molecular weight excluding hydrogens is 299 g/mol. The Labute approximate surface area is 128 Å². The van der Waals surface area contributed by atoms with Gasteiger partial charge in [0.15, 0.2) is 0 Å². The Morgan fingerprint density at radius 1 is 1.30 bits per heavy atom. The second kappa shape index (κ2) is 5.26. The van der Waals surface area contributed by atoms with Gasteiger partial charge in [-0.05, 0) is 25.0 Å². The largest absolute Gasteiger partial charge is 0.325 e. The minimum absolute atomic E-state index is 0.202. The molecule has 1 saturated heterocycles. The second-order valence-electron chi connectivity index (χ2n) is 5.49. The van der Waals surface area contributed by atoms with Crippen molar-refractivity contribution in [3.8, 4) is 0 Å². The number of hydrogen-bond acceptors (Lipinski definition) is 2. The predicted octanol–water partition coefficient (Wildman–Crippen LogP) is 3.42. The number of nitrogens with one attached hydrogen (secondary N) is 1. The standard InChI is InChI=1S/C14H16Cl2N2O2/c1-8(2)7-18-12(19)14(3,17-13(18)20)10-5-4-9(15)6-11(10)16/h4-6,8H,7H2,1-3H3,(H,17,20)/t14-/m1/s1. The van der Waals surface area contributed by atoms with Crippen LogP contribution in [0.25, 0.3) is 0 Å². The minimum Gasteiger partial charge on any atom is -0.319 e. The number of amides is 3. The van der Waals surface area contributed by atoms with Crippen LogP contribution in [0, 0.1) is 5.92 Å². The summed E-state index contributed by atoms with van der Waals surface area (Å²) >= 11 is 12.0. The molecule has 0 bridgehead atoms. The number of carbonyl (C=O) groups excluding carboxylic acids is 2. The maximum Gasteiger partial charge on any atom is 0.325 e. The Kier molecular flexibility index (Phi) is 3.98. The summed E-state index contributed by atoms with van der Waals surface area (Å²) in [5, 5.41) is 3.57. The third-order valence-electron chi connectivity index (χ3n) is 3.29. The van der Waals surface area contributed by atoms with Gasteiger partial charge in [0, 0.05) is 22.2 Å². The molecule has 1 fully saturated rings. The molecule has 6 heteroatoms. The van der Waals surface area contributed by atoms with Crippen molar-refractivity contribution in [2.75, 3.05) is 6.54 Å². The van der Waals surface area contributed by atoms with Gasteiger partial charge in [-0.2, -0.15) is 0 Å². The Morgan fingerprint density at radius 2 is 1.95 bits per heavy atom. The fourth-order valence-corrected chi connectivity index (χ4v) is 2.90. The van der Waals surface area contributed by atoms with E-state index in [2.05, 4.69) is 5.32 Å². The summed E-state index contributed by atoms with van der Waals surface area (Å²) in [6.07, 6.45) is 0. The molecule has 1 aromatic carbocycles. The van der Waals surface area contributed by atoms with Gasteiger partial charge in [-0.25, -0.2) is 4.79 Å². The third-order valence-corrected chi connectivity index (χ3v) is 3.84. The molecule has 1 atom stereocenters. The van der Waals surface area contributed by atoms with Crippen molar-refractivity contribution in [2.24, 2.45) is 5.92 Å². The average Bonchev–Trinajstić information content (AvgIpc) is 2.53. The summed E-state index contributed by atoms with van der Waals surface area (Å²) in [7, 11) is 0. The van der Waals surface area contributed by atoms with E-state index in [1.54, 1.807) is 25.1 Å². The maximum absolute atomic E-state index is 12.6. The van der Waals surface area contributed by atoms with Crippen molar-refractivity contribution in [1.82, 2.24) is 10.2 Å². The zero-order valence-electron chi connectivity index (χ0n) is 11.5. The smallest absolute Gasteiger partial charge is 0.319 e. The first-order chi connectivity index (χ1) is 9.25. The fourth-order valence-electron chi connectivity index (χ4n) is 2.31. The van der Waals surface area contributed by atoms with Crippen molar-refractivity contribution in [2.45, 2.75) is 26.3 Å². The van der Waals surface area contributed by atoms with E-state index >= 15 is 0 Å². The molecule has 108 valence electrons. The fraction of sp³-hybridized carbons (Fsp3) is 0.429. The molecule has 2 rings (SSSR count). The van der Waals surface area contributed by atoms with Crippen molar-refractivity contribution in [1.29, 1.82) is 0 Å². The Morgan fingerprint density at radius 3 is 2.50 bits per heavy atom. The van der Waals surface area contributed by atoms with Gasteiger partial charge in [-0.1, -0.05) is 43.1 Å². The third kappa shape index (κ3) is 2.50. The lowest BCUT2D eigenvalue weighted by Gasteiger charge is -2.24. The Bertz CT molecular complexity index is 574. The van der Waals surface area contributed by atoms with E-state index in [-0.39, 0.29) is 11.8 Å². The van der Waals surface area contributed by atoms with Gasteiger partial charge in [-0.15, -0.1) is 0 Å². The molecule has 1 aliphatic rings. The summed E-state index contributed by atoms with van der Waals surface area (Å²) < 4.78 is 0. The number of benzene rings is 1. The molecule has 1 aliphatic heterocycles. The monoisotopic (exact) mass is 314 g/mol. The molecule has 1 aromatic rings. The quantitative estimate of drug-likeness (QED) is 0.869. The molecule has 3 amide bonds. The van der Waals surface area contributed by atoms with Crippen LogP contribution in [0.15, 0.2) is 18.2 Å². The minimum atomic E-state index is -1.15. The highest BCUT2D eigenvalue weighted by atomic mass is 35.5. The van der Waals surface area contributed by atoms with Gasteiger partial charge >= 0.3 is 6.03 Å². The van der Waals surface area contributed by atoms with E-state index in [4.69, 9.17) is 23.2 Å². The van der Waals surface area contributed by atoms with Gasteiger partial charge in [0.05, 0.1) is 0 Å². The zero-order valence-corrected chi connectivity index (χ0v) is 13.0. The number of rotatable bonds is 3. The Balaban J connectivity index is 2.41. The van der Waals surface area contributed by atoms with Crippen LogP contribution in [0.4, 0.5) is 4.79 Å². The molecule has 0 aliphatic carbocycles. The van der Waals surface area contributed by atoms with Crippen LogP contribution in [0.3, 0.4) is 0 Å². The number of urea groups is 1. The molecule has 1 N–H and O–H groups in total. The van der Waals surface area contributed by atoms with E-state index in [9.17, 15) is 9.59 Å². The molecule has 0 aromatic heterocycles. The van der Waals surface area contributed by atoms with Gasteiger partial charge in [0.25, 0.3) is 5.91 Å². The van der Waals surface area contributed by atoms with Crippen molar-refractivity contribution in [3.63, 3.8) is 0 Å². The first-order valence-electron chi connectivity index (χ1n) is 6.35. The highest BCUT2D eigenvalue weighted by Gasteiger charge is 2.49. The SMILES string of the molecule is CC(C)CN1C(=O)N[C@](C)(c2ccc(Cl)cc2Cl)C1=O. The zero-order chi connectivity index (χ0) is 15.1. The van der Waals surface area contributed by atoms with E-state index in [1.165, 1.54) is 4.90 Å². The molecule has 20 heavy (non-hydrogen) atoms. The van der Waals surface area contributed by atoms with E-state index in [0.717, 1.165) is 0 Å². The summed E-state index contributed by atoms with van der Waals surface area (Å²) in [6.45, 7) is 5.94. The van der Waals surface area contributed by atoms with Crippen LogP contribution in [0.2, 0.25) is 10.0 Å². The van der Waals surface area contributed by atoms with Crippen LogP contribution in [-0.2, 0) is 10.3 Å². The lowest BCUT2D eigenvalue weighted by atomic mass is 9.92. The van der Waals surface area contributed by atoms with Crippen LogP contribution < -0.4 is 5.32 Å². The summed E-state index contributed by atoms with van der Waals surface area (Å²) in [4.78, 5) is 25.8. The summed E-state index contributed by atoms with van der Waals surface area (Å²) in [5.41, 5.74) is -0.596. The van der Waals surface area contributed by atoms with Crippen molar-refractivity contribution in [3.05, 3.63) is 33.8 Å². The lowest BCUT2D eigenvalue weighted by molar-refractivity contribution is -0.131. The van der Waals surface area contributed by atoms with E-state index in [1.807, 2.05) is 13.8 Å². The van der Waals surface area contributed by atoms with Crippen molar-refractivity contribution < 1.29 is 9.59 Å². The molecule has 0 radical (unpaired) electrons. The summed E-state index contributed by atoms with van der Waals surface area (Å²) in [6, 6.07) is 4.49. The maximum atomic E-state index is 12.6. The number of imide groups is 1. The highest BCUT2D eigenvalue weighted by molar-refractivity contribution is 6.35. The molecule has 0 saturated carbocycles. The topological polar surface area (TPSA) is 49.4 Å². The van der Waals surface area contributed by atoms with Crippen LogP contribution in [0.5, 0.6) is 0 Å². The van der Waals surface area contributed by atoms with Gasteiger partial charge in [0.2, 0.25) is 0 Å². The first-order valence-corrected chi connectivity index (χ1v) is 7.11. The average molecular weight is 315 g/mol. The molecule has 0 spiro atoms. The van der Waals surface area contributed by atoms with Gasteiger partial charge in [0.1, 0.15) is 5.54 Å². The number of nitrogens with zero attached hydrogens (tertiary/aromatic N) is 1. The van der Waals surface area contributed by atoms with Crippen LogP contribution in [-0.4, -0.2) is 23.4 Å². The molecule has 1 heterocycles. The second-order valence-corrected chi connectivity index (χ2v) is 6.33. The normalized spacial score (nSPS) is 22.6. The molecule has 0 unspecified atom stereocenters. The van der Waals surface area contributed by atoms with Crippen LogP contribution in [0.1, 0.15) is 26.3 Å². The molecular formula is C14H16Cl2N2O2. The lowest BCUT2D eigenvalue weighted by Crippen LogP contribution is -2.41. The number of carbonyl (C=O) groups is 2. The van der Waals surface area contributed by atoms with E-state index < -0.39 is 11.6 Å². The van der Waals surface area contributed by atoms with Crippen molar-refractivity contribution >= 4 is 35.1 Å². The van der Waals surface area contributed by atoms with Gasteiger partial charge < -0.3 is 5.32 Å². The predicted molar refractivity (Wildman–Crippen MR) is 78.9 cm³/mol. The Hall–Kier alpha value is -1.26. The first kappa shape index (κ1) is 15.1. The number of halogens is 2. The molecule has 4 nitrogen and oxygen atoms in total.